The van der Waals surface area contributed by atoms with E-state index in [4.69, 9.17) is 4.74 Å². The van der Waals surface area contributed by atoms with E-state index < -0.39 is 0 Å². The van der Waals surface area contributed by atoms with Gasteiger partial charge in [-0.05, 0) is 25.2 Å². The first kappa shape index (κ1) is 12.8. The lowest BCUT2D eigenvalue weighted by Crippen LogP contribution is -2.53. The minimum absolute atomic E-state index is 0.115. The minimum atomic E-state index is -0.149. The molecule has 2 aliphatic rings. The Morgan fingerprint density at radius 1 is 1.29 bits per heavy atom. The first-order valence-corrected chi connectivity index (χ1v) is 6.87. The van der Waals surface area contributed by atoms with Crippen molar-refractivity contribution in [2.24, 2.45) is 5.92 Å². The van der Waals surface area contributed by atoms with Gasteiger partial charge in [0.05, 0.1) is 13.2 Å². The van der Waals surface area contributed by atoms with E-state index >= 15 is 0 Å². The molecule has 1 saturated heterocycles. The molecule has 0 spiro atoms. The molecular formula is C13H24N2O2. The number of ether oxygens (including phenoxy) is 1. The first-order valence-electron chi connectivity index (χ1n) is 6.87. The summed E-state index contributed by atoms with van der Waals surface area (Å²) in [7, 11) is 0. The van der Waals surface area contributed by atoms with Crippen molar-refractivity contribution in [3.63, 3.8) is 0 Å². The normalized spacial score (nSPS) is 35.0. The standard InChI is InChI=1S/C13H24N2O2/c1-10-3-2-4-11(6-5-10)15-13(16)12-9-17-8-7-14-12/h10-12,14H,2-9H2,1H3,(H,15,16). The van der Waals surface area contributed by atoms with Crippen LogP contribution in [0.15, 0.2) is 0 Å². The van der Waals surface area contributed by atoms with Crippen LogP contribution in [0.25, 0.3) is 0 Å². The number of hydrogen-bond donors (Lipinski definition) is 2. The van der Waals surface area contributed by atoms with Crippen molar-refractivity contribution >= 4 is 5.91 Å². The van der Waals surface area contributed by atoms with E-state index in [2.05, 4.69) is 17.6 Å². The monoisotopic (exact) mass is 240 g/mol. The Hall–Kier alpha value is -0.610. The molecule has 0 aromatic heterocycles. The van der Waals surface area contributed by atoms with Gasteiger partial charge in [-0.1, -0.05) is 19.8 Å². The van der Waals surface area contributed by atoms with Gasteiger partial charge in [-0.15, -0.1) is 0 Å². The Kier molecular flexibility index (Phi) is 4.80. The van der Waals surface area contributed by atoms with Crippen LogP contribution in [-0.4, -0.2) is 37.7 Å². The molecule has 1 aliphatic heterocycles. The number of carbonyl (C=O) groups is 1. The molecule has 3 atom stereocenters. The SMILES string of the molecule is CC1CCCC(NC(=O)C2COCCN2)CC1. The van der Waals surface area contributed by atoms with E-state index in [1.807, 2.05) is 0 Å². The van der Waals surface area contributed by atoms with Crippen molar-refractivity contribution < 1.29 is 9.53 Å². The lowest BCUT2D eigenvalue weighted by atomic mass is 10.0. The molecule has 17 heavy (non-hydrogen) atoms. The number of morpholine rings is 1. The number of nitrogens with one attached hydrogen (secondary N) is 2. The van der Waals surface area contributed by atoms with E-state index in [-0.39, 0.29) is 11.9 Å². The van der Waals surface area contributed by atoms with Crippen LogP contribution < -0.4 is 10.6 Å². The van der Waals surface area contributed by atoms with Crippen LogP contribution in [0, 0.1) is 5.92 Å². The van der Waals surface area contributed by atoms with Crippen molar-refractivity contribution in [2.45, 2.75) is 51.1 Å². The molecule has 0 aromatic carbocycles. The molecule has 98 valence electrons. The second-order valence-electron chi connectivity index (χ2n) is 5.40. The highest BCUT2D eigenvalue weighted by Gasteiger charge is 2.24. The van der Waals surface area contributed by atoms with Crippen molar-refractivity contribution in [3.8, 4) is 0 Å². The van der Waals surface area contributed by atoms with Crippen LogP contribution in [0.5, 0.6) is 0 Å². The van der Waals surface area contributed by atoms with Gasteiger partial charge in [0.1, 0.15) is 6.04 Å². The molecule has 4 nitrogen and oxygen atoms in total. The molecule has 1 heterocycles. The maximum Gasteiger partial charge on any atom is 0.239 e. The summed E-state index contributed by atoms with van der Waals surface area (Å²) in [6.45, 7) is 4.31. The number of amides is 1. The molecular weight excluding hydrogens is 216 g/mol. The van der Waals surface area contributed by atoms with Crippen LogP contribution in [0.4, 0.5) is 0 Å². The number of rotatable bonds is 2. The van der Waals surface area contributed by atoms with Gasteiger partial charge >= 0.3 is 0 Å². The molecule has 0 radical (unpaired) electrons. The fourth-order valence-corrected chi connectivity index (χ4v) is 2.67. The van der Waals surface area contributed by atoms with Gasteiger partial charge in [0, 0.05) is 12.6 Å². The maximum absolute atomic E-state index is 12.0. The van der Waals surface area contributed by atoms with Gasteiger partial charge in [0.2, 0.25) is 5.91 Å². The van der Waals surface area contributed by atoms with Gasteiger partial charge in [-0.3, -0.25) is 4.79 Å². The molecule has 1 aliphatic carbocycles. The van der Waals surface area contributed by atoms with E-state index in [9.17, 15) is 4.79 Å². The first-order chi connectivity index (χ1) is 8.25. The molecule has 0 aromatic rings. The summed E-state index contributed by atoms with van der Waals surface area (Å²) in [6, 6.07) is 0.223. The largest absolute Gasteiger partial charge is 0.378 e. The van der Waals surface area contributed by atoms with E-state index in [0.29, 0.717) is 19.3 Å². The summed E-state index contributed by atoms with van der Waals surface area (Å²) in [4.78, 5) is 12.0. The van der Waals surface area contributed by atoms with Crippen molar-refractivity contribution in [3.05, 3.63) is 0 Å². The fourth-order valence-electron chi connectivity index (χ4n) is 2.67. The molecule has 1 saturated carbocycles. The van der Waals surface area contributed by atoms with Crippen molar-refractivity contribution in [1.82, 2.24) is 10.6 Å². The summed E-state index contributed by atoms with van der Waals surface area (Å²) in [6.07, 6.45) is 6.03. The van der Waals surface area contributed by atoms with Crippen molar-refractivity contribution in [2.75, 3.05) is 19.8 Å². The average molecular weight is 240 g/mol. The maximum atomic E-state index is 12.0. The van der Waals surface area contributed by atoms with E-state index in [1.165, 1.54) is 19.3 Å². The quantitative estimate of drug-likeness (QED) is 0.710. The van der Waals surface area contributed by atoms with Crippen LogP contribution in [0.3, 0.4) is 0 Å². The predicted molar refractivity (Wildman–Crippen MR) is 66.8 cm³/mol. The summed E-state index contributed by atoms with van der Waals surface area (Å²) in [5.74, 6) is 0.928. The Balaban J connectivity index is 1.76. The second-order valence-corrected chi connectivity index (χ2v) is 5.40. The number of hydrogen-bond acceptors (Lipinski definition) is 3. The van der Waals surface area contributed by atoms with Gasteiger partial charge in [0.15, 0.2) is 0 Å². The van der Waals surface area contributed by atoms with Crippen LogP contribution in [-0.2, 0) is 9.53 Å². The highest BCUT2D eigenvalue weighted by Crippen LogP contribution is 2.22. The summed E-state index contributed by atoms with van der Waals surface area (Å²) in [5.41, 5.74) is 0. The smallest absolute Gasteiger partial charge is 0.239 e. The molecule has 0 bridgehead atoms. The average Bonchev–Trinajstić information content (AvgIpc) is 2.56. The zero-order valence-electron chi connectivity index (χ0n) is 10.7. The highest BCUT2D eigenvalue weighted by molar-refractivity contribution is 5.82. The van der Waals surface area contributed by atoms with Crippen LogP contribution in [0.1, 0.15) is 39.0 Å². The molecule has 2 N–H and O–H groups in total. The summed E-state index contributed by atoms with van der Waals surface area (Å²) < 4.78 is 5.31. The van der Waals surface area contributed by atoms with Crippen LogP contribution in [0.2, 0.25) is 0 Å². The lowest BCUT2D eigenvalue weighted by Gasteiger charge is -2.25. The van der Waals surface area contributed by atoms with Gasteiger partial charge in [-0.2, -0.15) is 0 Å². The molecule has 4 heteroatoms. The Bertz CT molecular complexity index is 252. The predicted octanol–water partition coefficient (Wildman–Crippen LogP) is 1.06. The fraction of sp³-hybridized carbons (Fsp3) is 0.923. The summed E-state index contributed by atoms with van der Waals surface area (Å²) >= 11 is 0. The number of carbonyl (C=O) groups excluding carboxylic acids is 1. The molecule has 3 unspecified atom stereocenters. The second kappa shape index (κ2) is 6.36. The summed E-state index contributed by atoms with van der Waals surface area (Å²) in [5, 5.41) is 6.36. The third-order valence-corrected chi connectivity index (χ3v) is 3.84. The third kappa shape index (κ3) is 3.96. The lowest BCUT2D eigenvalue weighted by molar-refractivity contribution is -0.126. The van der Waals surface area contributed by atoms with E-state index in [0.717, 1.165) is 25.3 Å². The van der Waals surface area contributed by atoms with Crippen molar-refractivity contribution in [1.29, 1.82) is 0 Å². The zero-order valence-corrected chi connectivity index (χ0v) is 10.7. The molecule has 2 fully saturated rings. The molecule has 2 rings (SSSR count). The Labute approximate surface area is 103 Å². The van der Waals surface area contributed by atoms with Crippen LogP contribution >= 0.6 is 0 Å². The van der Waals surface area contributed by atoms with E-state index in [1.54, 1.807) is 0 Å². The highest BCUT2D eigenvalue weighted by atomic mass is 16.5. The Morgan fingerprint density at radius 3 is 2.94 bits per heavy atom. The Morgan fingerprint density at radius 2 is 2.18 bits per heavy atom. The van der Waals surface area contributed by atoms with Gasteiger partial charge in [0.25, 0.3) is 0 Å². The minimum Gasteiger partial charge on any atom is -0.378 e. The third-order valence-electron chi connectivity index (χ3n) is 3.84. The van der Waals surface area contributed by atoms with Gasteiger partial charge in [-0.25, -0.2) is 0 Å². The topological polar surface area (TPSA) is 50.4 Å². The zero-order chi connectivity index (χ0) is 12.1. The van der Waals surface area contributed by atoms with Gasteiger partial charge < -0.3 is 15.4 Å². The molecule has 1 amide bonds.